The number of fused-ring (bicyclic) bond motifs is 1. The van der Waals surface area contributed by atoms with E-state index in [-0.39, 0.29) is 18.3 Å². The van der Waals surface area contributed by atoms with Crippen LogP contribution in [0.3, 0.4) is 0 Å². The molecule has 2 heterocycles. The molecular formula is C21H27F3N4. The molecule has 28 heavy (non-hydrogen) atoms. The summed E-state index contributed by atoms with van der Waals surface area (Å²) in [5, 5.41) is 3.52. The molecular weight excluding hydrogens is 365 g/mol. The maximum Gasteiger partial charge on any atom is 0.418 e. The summed E-state index contributed by atoms with van der Waals surface area (Å²) >= 11 is 0. The highest BCUT2D eigenvalue weighted by atomic mass is 19.4. The van der Waals surface area contributed by atoms with Gasteiger partial charge in [0.2, 0.25) is 0 Å². The van der Waals surface area contributed by atoms with Gasteiger partial charge in [0.25, 0.3) is 0 Å². The van der Waals surface area contributed by atoms with Crippen molar-refractivity contribution >= 4 is 0 Å². The van der Waals surface area contributed by atoms with E-state index in [4.69, 9.17) is 5.73 Å². The summed E-state index contributed by atoms with van der Waals surface area (Å²) in [4.78, 5) is 6.10. The number of hydrogen-bond donors (Lipinski definition) is 2. The number of halogens is 3. The minimum atomic E-state index is -4.39. The zero-order chi connectivity index (χ0) is 20.0. The first-order valence-corrected chi connectivity index (χ1v) is 9.71. The summed E-state index contributed by atoms with van der Waals surface area (Å²) < 4.78 is 40.0. The van der Waals surface area contributed by atoms with E-state index in [0.717, 1.165) is 31.9 Å². The second-order valence-electron chi connectivity index (χ2n) is 7.28. The minimum absolute atomic E-state index is 0.0824. The van der Waals surface area contributed by atoms with E-state index < -0.39 is 11.7 Å². The van der Waals surface area contributed by atoms with E-state index in [1.165, 1.54) is 23.4 Å². The molecule has 1 unspecified atom stereocenters. The number of rotatable bonds is 8. The molecule has 0 aliphatic carbocycles. The van der Waals surface area contributed by atoms with Gasteiger partial charge >= 0.3 is 6.18 Å². The van der Waals surface area contributed by atoms with Crippen LogP contribution < -0.4 is 11.1 Å². The molecule has 1 aliphatic rings. The van der Waals surface area contributed by atoms with Gasteiger partial charge in [-0.1, -0.05) is 24.3 Å². The van der Waals surface area contributed by atoms with Crippen molar-refractivity contribution in [2.45, 2.75) is 44.6 Å². The molecule has 152 valence electrons. The monoisotopic (exact) mass is 392 g/mol. The lowest BCUT2D eigenvalue weighted by atomic mass is 9.95. The first-order chi connectivity index (χ1) is 13.5. The van der Waals surface area contributed by atoms with Gasteiger partial charge in [-0.05, 0) is 55.6 Å². The SMILES string of the molecule is NCCCCN(Cc1ncccc1C(F)(F)F)CC1Cc2ccccc2CN1. The maximum absolute atomic E-state index is 13.3. The van der Waals surface area contributed by atoms with E-state index in [1.807, 2.05) is 12.1 Å². The average molecular weight is 392 g/mol. The Kier molecular flexibility index (Phi) is 7.04. The number of nitrogens with zero attached hydrogens (tertiary/aromatic N) is 2. The third-order valence-electron chi connectivity index (χ3n) is 5.14. The molecule has 0 saturated heterocycles. The summed E-state index contributed by atoms with van der Waals surface area (Å²) in [6.07, 6.45) is -0.385. The number of nitrogens with one attached hydrogen (secondary N) is 1. The number of alkyl halides is 3. The quantitative estimate of drug-likeness (QED) is 0.677. The molecule has 0 saturated carbocycles. The Balaban J connectivity index is 1.72. The largest absolute Gasteiger partial charge is 0.418 e. The van der Waals surface area contributed by atoms with Gasteiger partial charge in [-0.2, -0.15) is 13.2 Å². The average Bonchev–Trinajstić information content (AvgIpc) is 2.67. The predicted octanol–water partition coefficient (Wildman–Crippen LogP) is 3.36. The topological polar surface area (TPSA) is 54.2 Å². The van der Waals surface area contributed by atoms with Crippen molar-refractivity contribution in [3.05, 3.63) is 65.0 Å². The Bertz CT molecular complexity index is 763. The predicted molar refractivity (Wildman–Crippen MR) is 104 cm³/mol. The van der Waals surface area contributed by atoms with Gasteiger partial charge in [-0.15, -0.1) is 0 Å². The van der Waals surface area contributed by atoms with Gasteiger partial charge < -0.3 is 11.1 Å². The number of nitrogens with two attached hydrogens (primary N) is 1. The molecule has 2 aromatic rings. The Hall–Kier alpha value is -1.96. The van der Waals surface area contributed by atoms with E-state index in [2.05, 4.69) is 27.3 Å². The van der Waals surface area contributed by atoms with Gasteiger partial charge in [-0.25, -0.2) is 0 Å². The molecule has 0 bridgehead atoms. The lowest BCUT2D eigenvalue weighted by Gasteiger charge is -2.32. The van der Waals surface area contributed by atoms with Crippen molar-refractivity contribution < 1.29 is 13.2 Å². The minimum Gasteiger partial charge on any atom is -0.330 e. The molecule has 0 radical (unpaired) electrons. The summed E-state index contributed by atoms with van der Waals surface area (Å²) in [6.45, 7) is 2.92. The molecule has 1 aliphatic heterocycles. The first-order valence-electron chi connectivity index (χ1n) is 9.71. The van der Waals surface area contributed by atoms with Crippen LogP contribution in [0.25, 0.3) is 0 Å². The molecule has 1 aromatic heterocycles. The van der Waals surface area contributed by atoms with Crippen LogP contribution in [-0.4, -0.2) is 35.6 Å². The van der Waals surface area contributed by atoms with Crippen LogP contribution in [0.4, 0.5) is 13.2 Å². The van der Waals surface area contributed by atoms with Crippen molar-refractivity contribution in [2.24, 2.45) is 5.73 Å². The van der Waals surface area contributed by atoms with Gasteiger partial charge in [0, 0.05) is 31.9 Å². The van der Waals surface area contributed by atoms with E-state index >= 15 is 0 Å². The highest BCUT2D eigenvalue weighted by molar-refractivity contribution is 5.30. The third kappa shape index (κ3) is 5.53. The molecule has 0 fully saturated rings. The molecule has 0 amide bonds. The smallest absolute Gasteiger partial charge is 0.330 e. The standard InChI is InChI=1S/C21H27F3N4/c22-21(23,24)19-8-5-10-26-20(19)15-28(11-4-3-9-25)14-18-12-16-6-1-2-7-17(16)13-27-18/h1-2,5-8,10,18,27H,3-4,9,11-15,25H2. The first kappa shape index (κ1) is 20.8. The van der Waals surface area contributed by atoms with E-state index in [1.54, 1.807) is 0 Å². The van der Waals surface area contributed by atoms with Crippen LogP contribution in [0.5, 0.6) is 0 Å². The van der Waals surface area contributed by atoms with Crippen LogP contribution in [0.15, 0.2) is 42.6 Å². The fourth-order valence-corrected chi connectivity index (χ4v) is 3.71. The molecule has 0 spiro atoms. The fourth-order valence-electron chi connectivity index (χ4n) is 3.71. The summed E-state index contributed by atoms with van der Waals surface area (Å²) in [5.74, 6) is 0. The normalized spacial score (nSPS) is 17.0. The van der Waals surface area contributed by atoms with Crippen molar-refractivity contribution in [3.63, 3.8) is 0 Å². The highest BCUT2D eigenvalue weighted by Crippen LogP contribution is 2.31. The van der Waals surface area contributed by atoms with Crippen LogP contribution >= 0.6 is 0 Å². The fraction of sp³-hybridized carbons (Fsp3) is 0.476. The van der Waals surface area contributed by atoms with Gasteiger partial charge in [0.05, 0.1) is 11.3 Å². The van der Waals surface area contributed by atoms with Gasteiger partial charge in [0.15, 0.2) is 0 Å². The zero-order valence-corrected chi connectivity index (χ0v) is 15.9. The lowest BCUT2D eigenvalue weighted by molar-refractivity contribution is -0.138. The number of pyridine rings is 1. The zero-order valence-electron chi connectivity index (χ0n) is 15.9. The van der Waals surface area contributed by atoms with Crippen LogP contribution in [0.1, 0.15) is 35.2 Å². The Morgan fingerprint density at radius 1 is 1.11 bits per heavy atom. The Labute approximate surface area is 163 Å². The molecule has 4 nitrogen and oxygen atoms in total. The third-order valence-corrected chi connectivity index (χ3v) is 5.14. The second-order valence-corrected chi connectivity index (χ2v) is 7.28. The van der Waals surface area contributed by atoms with Gasteiger partial charge in [0.1, 0.15) is 0 Å². The van der Waals surface area contributed by atoms with Crippen LogP contribution in [0.2, 0.25) is 0 Å². The Morgan fingerprint density at radius 2 is 1.89 bits per heavy atom. The summed E-state index contributed by atoms with van der Waals surface area (Å²) in [7, 11) is 0. The molecule has 1 aromatic carbocycles. The molecule has 3 rings (SSSR count). The Morgan fingerprint density at radius 3 is 2.64 bits per heavy atom. The van der Waals surface area contributed by atoms with Crippen molar-refractivity contribution in [3.8, 4) is 0 Å². The van der Waals surface area contributed by atoms with E-state index in [0.29, 0.717) is 19.6 Å². The molecule has 3 N–H and O–H groups in total. The number of aromatic nitrogens is 1. The van der Waals surface area contributed by atoms with Crippen LogP contribution in [0, 0.1) is 0 Å². The number of benzene rings is 1. The second kappa shape index (κ2) is 9.49. The summed E-state index contributed by atoms with van der Waals surface area (Å²) in [5.41, 5.74) is 7.62. The lowest BCUT2D eigenvalue weighted by Crippen LogP contribution is -2.45. The summed E-state index contributed by atoms with van der Waals surface area (Å²) in [6, 6.07) is 10.9. The van der Waals surface area contributed by atoms with Gasteiger partial charge in [-0.3, -0.25) is 9.88 Å². The molecule has 1 atom stereocenters. The highest BCUT2D eigenvalue weighted by Gasteiger charge is 2.34. The maximum atomic E-state index is 13.3. The van der Waals surface area contributed by atoms with Crippen molar-refractivity contribution in [1.29, 1.82) is 0 Å². The van der Waals surface area contributed by atoms with Crippen molar-refractivity contribution in [2.75, 3.05) is 19.6 Å². The van der Waals surface area contributed by atoms with Crippen LogP contribution in [-0.2, 0) is 25.7 Å². The number of hydrogen-bond acceptors (Lipinski definition) is 4. The van der Waals surface area contributed by atoms with Crippen molar-refractivity contribution in [1.82, 2.24) is 15.2 Å². The molecule has 7 heteroatoms. The van der Waals surface area contributed by atoms with E-state index in [9.17, 15) is 13.2 Å². The number of unbranched alkanes of at least 4 members (excludes halogenated alkanes) is 1.